The van der Waals surface area contributed by atoms with Gasteiger partial charge in [-0.25, -0.2) is 4.68 Å². The van der Waals surface area contributed by atoms with Gasteiger partial charge in [-0.1, -0.05) is 37.6 Å². The van der Waals surface area contributed by atoms with E-state index in [0.717, 1.165) is 29.4 Å². The summed E-state index contributed by atoms with van der Waals surface area (Å²) >= 11 is 5.64. The van der Waals surface area contributed by atoms with Crippen molar-refractivity contribution >= 4 is 12.2 Å². The maximum absolute atomic E-state index is 5.64. The first-order chi connectivity index (χ1) is 11.1. The molecule has 1 aromatic heterocycles. The summed E-state index contributed by atoms with van der Waals surface area (Å²) in [6.07, 6.45) is 5.12. The monoisotopic (exact) mass is 330 g/mol. The molecule has 1 atom stereocenters. The second-order valence-corrected chi connectivity index (χ2v) is 6.86. The van der Waals surface area contributed by atoms with Crippen LogP contribution in [0.15, 0.2) is 24.3 Å². The fraction of sp³-hybridized carbons (Fsp3) is 0.556. The summed E-state index contributed by atoms with van der Waals surface area (Å²) in [5.74, 6) is 0.957. The maximum atomic E-state index is 5.64. The highest BCUT2D eigenvalue weighted by atomic mass is 32.1. The van der Waals surface area contributed by atoms with Crippen molar-refractivity contribution in [1.29, 1.82) is 0 Å². The van der Waals surface area contributed by atoms with E-state index in [1.165, 1.54) is 31.2 Å². The molecule has 0 N–H and O–H groups in total. The summed E-state index contributed by atoms with van der Waals surface area (Å²) < 4.78 is 4.82. The fourth-order valence-corrected chi connectivity index (χ4v) is 3.70. The van der Waals surface area contributed by atoms with E-state index in [9.17, 15) is 0 Å². The average Bonchev–Trinajstić information content (AvgIpc) is 2.84. The van der Waals surface area contributed by atoms with Crippen LogP contribution in [0.3, 0.4) is 0 Å². The molecular weight excluding hydrogens is 304 g/mol. The number of nitrogens with zero attached hydrogens (tertiary/aromatic N) is 4. The SMILES string of the molecule is CC[C@@H]1CCCCN1Cn1nc(-c2ccccc2C)n(C)c1=S. The molecule has 0 bridgehead atoms. The van der Waals surface area contributed by atoms with E-state index in [1.54, 1.807) is 0 Å². The standard InChI is InChI=1S/C18H26N4S/c1-4-15-10-7-8-12-21(15)13-22-18(23)20(3)17(19-22)16-11-6-5-9-14(16)2/h5-6,9,11,15H,4,7-8,10,12-13H2,1-3H3/t15-/m1/s1. The number of hydrogen-bond acceptors (Lipinski definition) is 3. The number of rotatable bonds is 4. The van der Waals surface area contributed by atoms with Crippen molar-refractivity contribution in [3.8, 4) is 11.4 Å². The van der Waals surface area contributed by atoms with Gasteiger partial charge in [0.1, 0.15) is 0 Å². The van der Waals surface area contributed by atoms with Gasteiger partial charge in [0.2, 0.25) is 0 Å². The predicted octanol–water partition coefficient (Wildman–Crippen LogP) is 4.15. The minimum atomic E-state index is 0.662. The summed E-state index contributed by atoms with van der Waals surface area (Å²) in [5, 5.41) is 4.84. The van der Waals surface area contributed by atoms with Gasteiger partial charge in [0.15, 0.2) is 10.6 Å². The van der Waals surface area contributed by atoms with Crippen LogP contribution in [0.1, 0.15) is 38.2 Å². The average molecular weight is 331 g/mol. The highest BCUT2D eigenvalue weighted by Gasteiger charge is 2.22. The molecule has 1 aliphatic heterocycles. The van der Waals surface area contributed by atoms with E-state index in [1.807, 2.05) is 16.3 Å². The van der Waals surface area contributed by atoms with Gasteiger partial charge in [-0.2, -0.15) is 5.10 Å². The topological polar surface area (TPSA) is 26.0 Å². The van der Waals surface area contributed by atoms with Crippen molar-refractivity contribution < 1.29 is 0 Å². The Kier molecular flexibility index (Phi) is 4.97. The van der Waals surface area contributed by atoms with E-state index in [4.69, 9.17) is 17.3 Å². The van der Waals surface area contributed by atoms with E-state index >= 15 is 0 Å². The fourth-order valence-electron chi connectivity index (χ4n) is 3.52. The van der Waals surface area contributed by atoms with Crippen molar-refractivity contribution in [2.75, 3.05) is 6.54 Å². The lowest BCUT2D eigenvalue weighted by Crippen LogP contribution is -2.40. The first-order valence-electron chi connectivity index (χ1n) is 8.55. The van der Waals surface area contributed by atoms with Gasteiger partial charge in [0.25, 0.3) is 0 Å². The van der Waals surface area contributed by atoms with Crippen LogP contribution < -0.4 is 0 Å². The minimum Gasteiger partial charge on any atom is -0.303 e. The van der Waals surface area contributed by atoms with Gasteiger partial charge in [-0.05, 0) is 44.0 Å². The van der Waals surface area contributed by atoms with Crippen LogP contribution in [-0.4, -0.2) is 31.8 Å². The third kappa shape index (κ3) is 3.26. The number of aryl methyl sites for hydroxylation is 1. The highest BCUT2D eigenvalue weighted by Crippen LogP contribution is 2.23. The number of benzene rings is 1. The molecule has 1 saturated heterocycles. The van der Waals surface area contributed by atoms with Crippen molar-refractivity contribution in [2.24, 2.45) is 7.05 Å². The smallest absolute Gasteiger partial charge is 0.199 e. The van der Waals surface area contributed by atoms with Crippen molar-refractivity contribution in [2.45, 2.75) is 52.2 Å². The molecule has 4 nitrogen and oxygen atoms in total. The van der Waals surface area contributed by atoms with Gasteiger partial charge in [0.05, 0.1) is 6.67 Å². The van der Waals surface area contributed by atoms with E-state index in [-0.39, 0.29) is 0 Å². The van der Waals surface area contributed by atoms with Gasteiger partial charge >= 0.3 is 0 Å². The normalized spacial score (nSPS) is 19.2. The molecule has 2 aromatic rings. The van der Waals surface area contributed by atoms with Gasteiger partial charge in [-0.15, -0.1) is 0 Å². The summed E-state index contributed by atoms with van der Waals surface area (Å²) in [6.45, 7) is 6.35. The van der Waals surface area contributed by atoms with Crippen LogP contribution in [0.2, 0.25) is 0 Å². The molecule has 1 fully saturated rings. The lowest BCUT2D eigenvalue weighted by Gasteiger charge is -2.34. The summed E-state index contributed by atoms with van der Waals surface area (Å²) in [7, 11) is 2.01. The molecule has 1 aliphatic rings. The molecule has 0 saturated carbocycles. The van der Waals surface area contributed by atoms with Crippen LogP contribution in [0, 0.1) is 11.7 Å². The number of likely N-dealkylation sites (tertiary alicyclic amines) is 1. The van der Waals surface area contributed by atoms with Crippen LogP contribution >= 0.6 is 12.2 Å². The first-order valence-corrected chi connectivity index (χ1v) is 8.96. The second kappa shape index (κ2) is 6.97. The number of piperidine rings is 1. The molecule has 0 unspecified atom stereocenters. The molecule has 2 heterocycles. The summed E-state index contributed by atoms with van der Waals surface area (Å²) in [6, 6.07) is 9.02. The zero-order valence-corrected chi connectivity index (χ0v) is 15.1. The zero-order chi connectivity index (χ0) is 16.4. The first kappa shape index (κ1) is 16.4. The van der Waals surface area contributed by atoms with E-state index in [2.05, 4.69) is 43.0 Å². The van der Waals surface area contributed by atoms with Crippen LogP contribution in [0.5, 0.6) is 0 Å². The quantitative estimate of drug-likeness (QED) is 0.788. The molecule has 5 heteroatoms. The number of hydrogen-bond donors (Lipinski definition) is 0. The maximum Gasteiger partial charge on any atom is 0.199 e. The molecule has 0 aliphatic carbocycles. The van der Waals surface area contributed by atoms with E-state index < -0.39 is 0 Å². The largest absolute Gasteiger partial charge is 0.303 e. The van der Waals surface area contributed by atoms with Crippen molar-refractivity contribution in [3.05, 3.63) is 34.6 Å². The Morgan fingerprint density at radius 3 is 2.78 bits per heavy atom. The van der Waals surface area contributed by atoms with Crippen molar-refractivity contribution in [1.82, 2.24) is 19.2 Å². The third-order valence-corrected chi connectivity index (χ3v) is 5.45. The van der Waals surface area contributed by atoms with Crippen LogP contribution in [0.4, 0.5) is 0 Å². The molecule has 23 heavy (non-hydrogen) atoms. The molecule has 0 spiro atoms. The lowest BCUT2D eigenvalue weighted by molar-refractivity contribution is 0.100. The summed E-state index contributed by atoms with van der Waals surface area (Å²) in [5.41, 5.74) is 2.39. The Morgan fingerprint density at radius 2 is 2.04 bits per heavy atom. The Bertz CT molecular complexity index is 731. The molecule has 1 aromatic carbocycles. The molecule has 0 radical (unpaired) electrons. The Hall–Kier alpha value is -1.46. The van der Waals surface area contributed by atoms with Crippen LogP contribution in [0.25, 0.3) is 11.4 Å². The van der Waals surface area contributed by atoms with Crippen molar-refractivity contribution in [3.63, 3.8) is 0 Å². The Morgan fingerprint density at radius 1 is 1.26 bits per heavy atom. The van der Waals surface area contributed by atoms with Gasteiger partial charge < -0.3 is 4.57 Å². The lowest BCUT2D eigenvalue weighted by atomic mass is 10.0. The van der Waals surface area contributed by atoms with Crippen LogP contribution in [-0.2, 0) is 13.7 Å². The Balaban J connectivity index is 1.91. The second-order valence-electron chi connectivity index (χ2n) is 6.49. The molecule has 0 amide bonds. The summed E-state index contributed by atoms with van der Waals surface area (Å²) in [4.78, 5) is 2.54. The predicted molar refractivity (Wildman–Crippen MR) is 96.8 cm³/mol. The molecule has 124 valence electrons. The zero-order valence-electron chi connectivity index (χ0n) is 14.3. The third-order valence-electron chi connectivity index (χ3n) is 4.96. The molecule has 3 rings (SSSR count). The van der Waals surface area contributed by atoms with Gasteiger partial charge in [-0.3, -0.25) is 4.90 Å². The highest BCUT2D eigenvalue weighted by molar-refractivity contribution is 7.71. The Labute approximate surface area is 143 Å². The van der Waals surface area contributed by atoms with Gasteiger partial charge in [0, 0.05) is 25.2 Å². The minimum absolute atomic E-state index is 0.662. The molecular formula is C18H26N4S. The number of aromatic nitrogens is 3. The van der Waals surface area contributed by atoms with E-state index in [0.29, 0.717) is 6.04 Å².